The van der Waals surface area contributed by atoms with Gasteiger partial charge in [0.1, 0.15) is 0 Å². The quantitative estimate of drug-likeness (QED) is 0.402. The summed E-state index contributed by atoms with van der Waals surface area (Å²) in [6.45, 7) is 21.2. The van der Waals surface area contributed by atoms with Gasteiger partial charge in [0.2, 0.25) is 0 Å². The van der Waals surface area contributed by atoms with E-state index in [1.54, 1.807) is 0 Å². The van der Waals surface area contributed by atoms with E-state index in [2.05, 4.69) is 52.2 Å². The van der Waals surface area contributed by atoms with Crippen LogP contribution >= 0.6 is 0 Å². The Morgan fingerprint density at radius 2 is 1.17 bits per heavy atom. The van der Waals surface area contributed by atoms with Crippen LogP contribution in [0.25, 0.3) is 0 Å². The predicted octanol–water partition coefficient (Wildman–Crippen LogP) is 4.48. The molecule has 0 amide bonds. The van der Waals surface area contributed by atoms with Gasteiger partial charge >= 0.3 is 8.56 Å². The lowest BCUT2D eigenvalue weighted by Gasteiger charge is -2.28. The summed E-state index contributed by atoms with van der Waals surface area (Å²) in [6, 6.07) is 2.34. The summed E-state index contributed by atoms with van der Waals surface area (Å²) in [5.41, 5.74) is 0. The molecule has 0 aliphatic heterocycles. The number of rotatable bonds is 15. The number of nitrogens with zero attached hydrogens (tertiary/aromatic N) is 1. The van der Waals surface area contributed by atoms with Crippen molar-refractivity contribution >= 4 is 16.9 Å². The van der Waals surface area contributed by atoms with Gasteiger partial charge in [-0.05, 0) is 85.0 Å². The third kappa shape index (κ3) is 11.5. The molecule has 0 aromatic rings. The SMILES string of the molecule is CCO[Si](C)(C)CCCN(CC)CCC[Si](C)(OCC)OCC. The molecule has 0 aliphatic carbocycles. The van der Waals surface area contributed by atoms with E-state index in [9.17, 15) is 0 Å². The van der Waals surface area contributed by atoms with Crippen molar-refractivity contribution in [3.05, 3.63) is 0 Å². The molecule has 0 rings (SSSR count). The summed E-state index contributed by atoms with van der Waals surface area (Å²) in [7, 11) is -3.37. The molecule has 0 aliphatic rings. The van der Waals surface area contributed by atoms with E-state index >= 15 is 0 Å². The maximum absolute atomic E-state index is 5.93. The summed E-state index contributed by atoms with van der Waals surface area (Å²) in [6.07, 6.45) is 2.42. The zero-order valence-corrected chi connectivity index (χ0v) is 18.7. The number of hydrogen-bond acceptors (Lipinski definition) is 4. The van der Waals surface area contributed by atoms with Crippen LogP contribution in [0.3, 0.4) is 0 Å². The predicted molar refractivity (Wildman–Crippen MR) is 105 cm³/mol. The van der Waals surface area contributed by atoms with E-state index < -0.39 is 16.9 Å². The molecule has 0 saturated heterocycles. The van der Waals surface area contributed by atoms with Gasteiger partial charge in [0.25, 0.3) is 0 Å². The number of hydrogen-bond donors (Lipinski definition) is 0. The molecule has 0 spiro atoms. The Morgan fingerprint density at radius 3 is 1.61 bits per heavy atom. The van der Waals surface area contributed by atoms with E-state index in [1.165, 1.54) is 25.4 Å². The minimum Gasteiger partial charge on any atom is -0.418 e. The summed E-state index contributed by atoms with van der Waals surface area (Å²) in [5, 5.41) is 0. The van der Waals surface area contributed by atoms with Crippen molar-refractivity contribution in [3.63, 3.8) is 0 Å². The molecule has 0 aromatic heterocycles. The van der Waals surface area contributed by atoms with Crippen LogP contribution in [-0.4, -0.2) is 61.2 Å². The lowest BCUT2D eigenvalue weighted by Crippen LogP contribution is -2.39. The first kappa shape index (κ1) is 23.3. The van der Waals surface area contributed by atoms with Gasteiger partial charge in [0.15, 0.2) is 8.32 Å². The molecule has 4 nitrogen and oxygen atoms in total. The van der Waals surface area contributed by atoms with Crippen LogP contribution in [0.4, 0.5) is 0 Å². The van der Waals surface area contributed by atoms with Crippen LogP contribution in [0.1, 0.15) is 40.5 Å². The average Bonchev–Trinajstić information content (AvgIpc) is 2.46. The summed E-state index contributed by atoms with van der Waals surface area (Å²) in [4.78, 5) is 2.56. The Hall–Kier alpha value is 0.274. The highest BCUT2D eigenvalue weighted by Crippen LogP contribution is 2.17. The first-order chi connectivity index (χ1) is 10.8. The van der Waals surface area contributed by atoms with Crippen molar-refractivity contribution in [2.75, 3.05) is 39.5 Å². The van der Waals surface area contributed by atoms with E-state index in [4.69, 9.17) is 13.3 Å². The second-order valence-electron chi connectivity index (χ2n) is 6.83. The maximum Gasteiger partial charge on any atom is 0.334 e. The Kier molecular flexibility index (Phi) is 12.8. The fourth-order valence-electron chi connectivity index (χ4n) is 3.04. The van der Waals surface area contributed by atoms with Gasteiger partial charge in [-0.3, -0.25) is 0 Å². The van der Waals surface area contributed by atoms with Crippen molar-refractivity contribution in [1.82, 2.24) is 4.90 Å². The molecule has 0 aromatic carbocycles. The van der Waals surface area contributed by atoms with E-state index in [0.29, 0.717) is 0 Å². The Bertz CT molecular complexity index is 285. The highest BCUT2D eigenvalue weighted by atomic mass is 28.4. The first-order valence-electron chi connectivity index (χ1n) is 9.46. The molecule has 23 heavy (non-hydrogen) atoms. The van der Waals surface area contributed by atoms with Crippen LogP contribution < -0.4 is 0 Å². The Morgan fingerprint density at radius 1 is 0.696 bits per heavy atom. The van der Waals surface area contributed by atoms with Crippen molar-refractivity contribution < 1.29 is 13.3 Å². The summed E-state index contributed by atoms with van der Waals surface area (Å²) >= 11 is 0. The molecule has 0 heterocycles. The largest absolute Gasteiger partial charge is 0.418 e. The normalized spacial score (nSPS) is 13.0. The van der Waals surface area contributed by atoms with Gasteiger partial charge in [-0.1, -0.05) is 6.92 Å². The van der Waals surface area contributed by atoms with Crippen LogP contribution in [0, 0.1) is 0 Å². The standard InChI is InChI=1S/C17H41NO3Si2/c1-8-18(14-12-16-22(5,6)19-9-2)15-13-17-23(7,20-10-3)21-11-4/h8-17H2,1-7H3. The molecule has 140 valence electrons. The maximum atomic E-state index is 5.93. The van der Waals surface area contributed by atoms with Crippen LogP contribution in [0.2, 0.25) is 31.7 Å². The van der Waals surface area contributed by atoms with Crippen molar-refractivity contribution in [2.45, 2.75) is 72.3 Å². The Balaban J connectivity index is 4.09. The minimum absolute atomic E-state index is 0.761. The van der Waals surface area contributed by atoms with Crippen molar-refractivity contribution in [1.29, 1.82) is 0 Å². The fraction of sp³-hybridized carbons (Fsp3) is 1.00. The zero-order valence-electron chi connectivity index (χ0n) is 16.7. The molecule has 0 bridgehead atoms. The van der Waals surface area contributed by atoms with Crippen molar-refractivity contribution in [3.8, 4) is 0 Å². The first-order valence-corrected chi connectivity index (χ1v) is 15.1. The molecule has 6 heteroatoms. The summed E-state index contributed by atoms with van der Waals surface area (Å²) < 4.78 is 17.8. The van der Waals surface area contributed by atoms with E-state index in [0.717, 1.165) is 39.0 Å². The van der Waals surface area contributed by atoms with Gasteiger partial charge in [0.05, 0.1) is 0 Å². The van der Waals surface area contributed by atoms with Crippen LogP contribution in [-0.2, 0) is 13.3 Å². The molecule has 0 saturated carbocycles. The van der Waals surface area contributed by atoms with Gasteiger partial charge in [0, 0.05) is 19.8 Å². The lowest BCUT2D eigenvalue weighted by atomic mass is 10.3. The third-order valence-electron chi connectivity index (χ3n) is 4.24. The molecular weight excluding hydrogens is 322 g/mol. The van der Waals surface area contributed by atoms with Gasteiger partial charge in [-0.2, -0.15) is 0 Å². The molecule has 0 unspecified atom stereocenters. The highest BCUT2D eigenvalue weighted by molar-refractivity contribution is 6.71. The topological polar surface area (TPSA) is 30.9 Å². The zero-order chi connectivity index (χ0) is 17.8. The van der Waals surface area contributed by atoms with Gasteiger partial charge in [-0.25, -0.2) is 0 Å². The average molecular weight is 364 g/mol. The highest BCUT2D eigenvalue weighted by Gasteiger charge is 2.30. The molecular formula is C17H41NO3Si2. The third-order valence-corrected chi connectivity index (χ3v) is 9.93. The van der Waals surface area contributed by atoms with Crippen LogP contribution in [0.5, 0.6) is 0 Å². The second-order valence-corrected chi connectivity index (χ2v) is 14.5. The fourth-order valence-corrected chi connectivity index (χ4v) is 7.37. The minimum atomic E-state index is -1.94. The Labute approximate surface area is 147 Å². The van der Waals surface area contributed by atoms with Gasteiger partial charge in [-0.15, -0.1) is 0 Å². The van der Waals surface area contributed by atoms with E-state index in [-0.39, 0.29) is 0 Å². The second kappa shape index (κ2) is 12.6. The van der Waals surface area contributed by atoms with E-state index in [1.807, 2.05) is 0 Å². The van der Waals surface area contributed by atoms with Crippen LogP contribution in [0.15, 0.2) is 0 Å². The molecule has 0 N–H and O–H groups in total. The van der Waals surface area contributed by atoms with Gasteiger partial charge < -0.3 is 18.2 Å². The summed E-state index contributed by atoms with van der Waals surface area (Å²) in [5.74, 6) is 0. The monoisotopic (exact) mass is 363 g/mol. The molecule has 0 atom stereocenters. The lowest BCUT2D eigenvalue weighted by molar-refractivity contribution is 0.185. The van der Waals surface area contributed by atoms with Crippen molar-refractivity contribution in [2.24, 2.45) is 0 Å². The molecule has 0 radical (unpaired) electrons. The molecule has 0 fully saturated rings. The smallest absolute Gasteiger partial charge is 0.334 e.